The van der Waals surface area contributed by atoms with Gasteiger partial charge in [0.1, 0.15) is 0 Å². The molecule has 0 amide bonds. The van der Waals surface area contributed by atoms with E-state index in [0.717, 1.165) is 61.5 Å². The monoisotopic (exact) mass is 624 g/mol. The quantitative estimate of drug-likeness (QED) is 0.263. The van der Waals surface area contributed by atoms with E-state index < -0.39 is 11.9 Å². The Hall–Kier alpha value is -4.36. The van der Waals surface area contributed by atoms with Crippen LogP contribution in [0, 0.1) is 13.8 Å². The van der Waals surface area contributed by atoms with Gasteiger partial charge in [-0.25, -0.2) is 9.97 Å². The summed E-state index contributed by atoms with van der Waals surface area (Å²) in [7, 11) is 0. The van der Waals surface area contributed by atoms with Crippen molar-refractivity contribution in [1.29, 1.82) is 0 Å². The van der Waals surface area contributed by atoms with E-state index in [2.05, 4.69) is 13.2 Å². The van der Waals surface area contributed by atoms with Gasteiger partial charge in [0.05, 0.1) is 22.8 Å². The van der Waals surface area contributed by atoms with Crippen molar-refractivity contribution in [2.24, 2.45) is 0 Å². The van der Waals surface area contributed by atoms with Gasteiger partial charge in [0.2, 0.25) is 0 Å². The van der Waals surface area contributed by atoms with E-state index in [1.807, 2.05) is 52.0 Å². The SMILES string of the molecule is C=CC1=C(C)c2cc3[n-]c(cc4nc(cc5[n-]c(cc1n2)c(C)c5C=C)C(C)=C4CCC(=O)O)c(CCC(=O)O)c3C.[Zn]. The van der Waals surface area contributed by atoms with Crippen LogP contribution in [-0.2, 0) is 35.5 Å². The summed E-state index contributed by atoms with van der Waals surface area (Å²) in [5.74, 6) is -1.80. The van der Waals surface area contributed by atoms with Crippen molar-refractivity contribution < 1.29 is 39.3 Å². The number of aryl methyl sites for hydroxylation is 3. The molecule has 9 heteroatoms. The van der Waals surface area contributed by atoms with Crippen LogP contribution in [0.4, 0.5) is 0 Å². The minimum atomic E-state index is -0.898. The van der Waals surface area contributed by atoms with Crippen LogP contribution in [0.5, 0.6) is 0 Å². The molecule has 0 spiro atoms. The second kappa shape index (κ2) is 12.5. The van der Waals surface area contributed by atoms with Crippen molar-refractivity contribution in [2.75, 3.05) is 0 Å². The van der Waals surface area contributed by atoms with Gasteiger partial charge in [-0.2, -0.15) is 0 Å². The van der Waals surface area contributed by atoms with E-state index in [0.29, 0.717) is 40.8 Å². The average molecular weight is 626 g/mol. The smallest absolute Gasteiger partial charge is 0.303 e. The molecule has 2 aliphatic heterocycles. The Morgan fingerprint density at radius 3 is 1.91 bits per heavy atom. The molecule has 0 saturated carbocycles. The summed E-state index contributed by atoms with van der Waals surface area (Å²) in [5.41, 5.74) is 12.6. The first-order chi connectivity index (χ1) is 20.0. The zero-order valence-corrected chi connectivity index (χ0v) is 27.9. The van der Waals surface area contributed by atoms with Crippen LogP contribution in [0.1, 0.15) is 78.1 Å². The standard InChI is InChI=1S/C34H34N4O4.Zn/c1-7-21-17(3)25-13-26-19(5)23(9-11-33(39)40)31(37-26)16-32-24(10-12-34(41)42)20(6)28(38-32)15-30-22(8-2)18(4)27(36-30)14-29(21)35-25;/h7-8,13-16H,1-2,9-12H2,3-6H3,(H4,35,36,37,38,39,40,41,42);/p-2. The van der Waals surface area contributed by atoms with Crippen LogP contribution in [0.25, 0.3) is 50.4 Å². The van der Waals surface area contributed by atoms with Crippen molar-refractivity contribution in [3.63, 3.8) is 0 Å². The molecule has 0 atom stereocenters. The van der Waals surface area contributed by atoms with E-state index in [-0.39, 0.29) is 32.3 Å². The molecular formula is C34H32N4O4Zn-2. The van der Waals surface area contributed by atoms with Crippen LogP contribution in [-0.4, -0.2) is 32.1 Å². The zero-order chi connectivity index (χ0) is 30.3. The molecule has 0 aliphatic carbocycles. The molecule has 43 heavy (non-hydrogen) atoms. The van der Waals surface area contributed by atoms with E-state index in [1.54, 1.807) is 12.2 Å². The number of aromatic nitrogens is 4. The summed E-state index contributed by atoms with van der Waals surface area (Å²) >= 11 is 0. The van der Waals surface area contributed by atoms with Gasteiger partial charge in [0.25, 0.3) is 0 Å². The van der Waals surface area contributed by atoms with Gasteiger partial charge in [-0.1, -0.05) is 66.3 Å². The van der Waals surface area contributed by atoms with E-state index in [1.165, 1.54) is 0 Å². The molecule has 3 aromatic rings. The Balaban J connectivity index is 0.00000423. The fourth-order valence-electron chi connectivity index (χ4n) is 5.61. The number of fused-ring (bicyclic) bond motifs is 8. The Kier molecular flexibility index (Phi) is 9.16. The van der Waals surface area contributed by atoms with Crippen molar-refractivity contribution >= 4 is 62.4 Å². The van der Waals surface area contributed by atoms with Gasteiger partial charge in [-0.15, -0.1) is 22.1 Å². The minimum Gasteiger partial charge on any atom is -0.657 e. The van der Waals surface area contributed by atoms with Crippen molar-refractivity contribution in [3.8, 4) is 0 Å². The normalized spacial score (nSPS) is 12.7. The van der Waals surface area contributed by atoms with E-state index in [9.17, 15) is 19.8 Å². The van der Waals surface area contributed by atoms with Crippen LogP contribution < -0.4 is 9.97 Å². The minimum absolute atomic E-state index is 0. The van der Waals surface area contributed by atoms with Crippen molar-refractivity contribution in [1.82, 2.24) is 19.9 Å². The van der Waals surface area contributed by atoms with Gasteiger partial charge >= 0.3 is 11.9 Å². The molecule has 8 nitrogen and oxygen atoms in total. The molecule has 5 heterocycles. The molecule has 0 aromatic carbocycles. The van der Waals surface area contributed by atoms with Crippen molar-refractivity contribution in [2.45, 2.75) is 53.4 Å². The van der Waals surface area contributed by atoms with Crippen LogP contribution in [0.3, 0.4) is 0 Å². The van der Waals surface area contributed by atoms with E-state index >= 15 is 0 Å². The largest absolute Gasteiger partial charge is 0.657 e. The molecule has 0 fully saturated rings. The number of allylic oxidation sites excluding steroid dienone is 5. The number of aliphatic carboxylic acids is 2. The third kappa shape index (κ3) is 5.95. The molecule has 216 valence electrons. The fraction of sp³-hybridized carbons (Fsp3) is 0.235. The van der Waals surface area contributed by atoms with Gasteiger partial charge in [0, 0.05) is 37.9 Å². The van der Waals surface area contributed by atoms with Crippen LogP contribution >= 0.6 is 0 Å². The first kappa shape index (κ1) is 31.6. The number of hydrogen-bond acceptors (Lipinski definition) is 4. The maximum atomic E-state index is 11.5. The number of carboxylic acid groups (broad SMARTS) is 2. The first-order valence-electron chi connectivity index (χ1n) is 13.8. The van der Waals surface area contributed by atoms with Gasteiger partial charge in [0.15, 0.2) is 0 Å². The Bertz CT molecular complexity index is 1920. The molecule has 2 aliphatic rings. The van der Waals surface area contributed by atoms with Crippen LogP contribution in [0.2, 0.25) is 0 Å². The van der Waals surface area contributed by atoms with Gasteiger partial charge in [-0.3, -0.25) is 9.59 Å². The number of carboxylic acids is 2. The molecule has 3 aromatic heterocycles. The third-order valence-electron chi connectivity index (χ3n) is 8.06. The molecule has 0 unspecified atom stereocenters. The molecule has 0 radical (unpaired) electrons. The molecule has 8 bridgehead atoms. The summed E-state index contributed by atoms with van der Waals surface area (Å²) in [4.78, 5) is 42.7. The predicted octanol–water partition coefficient (Wildman–Crippen LogP) is 6.76. The fourth-order valence-corrected chi connectivity index (χ4v) is 5.61. The van der Waals surface area contributed by atoms with Crippen LogP contribution in [0.15, 0.2) is 43.5 Å². The number of rotatable bonds is 8. The predicted molar refractivity (Wildman–Crippen MR) is 167 cm³/mol. The molecule has 5 rings (SSSR count). The number of carbonyl (C=O) groups is 2. The summed E-state index contributed by atoms with van der Waals surface area (Å²) in [6, 6.07) is 7.62. The second-order valence-corrected chi connectivity index (χ2v) is 10.6. The topological polar surface area (TPSA) is 129 Å². The maximum absolute atomic E-state index is 11.5. The second-order valence-electron chi connectivity index (χ2n) is 10.6. The zero-order valence-electron chi connectivity index (χ0n) is 24.9. The summed E-state index contributed by atoms with van der Waals surface area (Å²) < 4.78 is 0. The first-order valence-corrected chi connectivity index (χ1v) is 13.8. The Morgan fingerprint density at radius 1 is 0.721 bits per heavy atom. The van der Waals surface area contributed by atoms with Gasteiger partial charge in [-0.05, 0) is 62.8 Å². The molecule has 0 saturated heterocycles. The Labute approximate surface area is 262 Å². The maximum Gasteiger partial charge on any atom is 0.303 e. The molecule has 2 N–H and O–H groups in total. The van der Waals surface area contributed by atoms with Gasteiger partial charge < -0.3 is 20.2 Å². The average Bonchev–Trinajstić information content (AvgIpc) is 3.59. The summed E-state index contributed by atoms with van der Waals surface area (Å²) in [6.45, 7) is 15.9. The number of hydrogen-bond donors (Lipinski definition) is 2. The molecular weight excluding hydrogens is 594 g/mol. The Morgan fingerprint density at radius 2 is 1.26 bits per heavy atom. The number of nitrogens with zero attached hydrogens (tertiary/aromatic N) is 4. The van der Waals surface area contributed by atoms with Crippen molar-refractivity contribution in [3.05, 3.63) is 88.5 Å². The summed E-state index contributed by atoms with van der Waals surface area (Å²) in [6.07, 6.45) is 4.06. The third-order valence-corrected chi connectivity index (χ3v) is 8.06. The summed E-state index contributed by atoms with van der Waals surface area (Å²) in [5, 5.41) is 18.9. The van der Waals surface area contributed by atoms with E-state index in [4.69, 9.17) is 19.9 Å².